The lowest BCUT2D eigenvalue weighted by molar-refractivity contribution is -0.385. The zero-order valence-corrected chi connectivity index (χ0v) is 15.3. The molecule has 1 atom stereocenters. The summed E-state index contributed by atoms with van der Waals surface area (Å²) in [6, 6.07) is 4.30. The van der Waals surface area contributed by atoms with E-state index in [1.165, 1.54) is 29.5 Å². The highest BCUT2D eigenvalue weighted by atomic mass is 32.1. The van der Waals surface area contributed by atoms with Crippen molar-refractivity contribution >= 4 is 33.8 Å². The lowest BCUT2D eigenvalue weighted by Gasteiger charge is -2.18. The van der Waals surface area contributed by atoms with E-state index in [0.29, 0.717) is 22.0 Å². The van der Waals surface area contributed by atoms with Crippen LogP contribution < -0.4 is 11.1 Å². The monoisotopic (exact) mass is 373 g/mol. The van der Waals surface area contributed by atoms with Gasteiger partial charge < -0.3 is 11.1 Å². The quantitative estimate of drug-likeness (QED) is 0.631. The highest BCUT2D eigenvalue weighted by molar-refractivity contribution is 7.17. The van der Waals surface area contributed by atoms with Crippen molar-refractivity contribution in [3.8, 4) is 0 Å². The van der Waals surface area contributed by atoms with E-state index in [9.17, 15) is 19.7 Å². The van der Waals surface area contributed by atoms with Crippen molar-refractivity contribution in [2.75, 3.05) is 5.32 Å². The molecule has 0 aliphatic heterocycles. The number of nitrogens with two attached hydrogens (primary N) is 1. The topological polar surface area (TPSA) is 115 Å². The first-order valence-corrected chi connectivity index (χ1v) is 9.10. The molecule has 0 fully saturated rings. The predicted octanol–water partition coefficient (Wildman–Crippen LogP) is 3.44. The van der Waals surface area contributed by atoms with Crippen LogP contribution in [0.2, 0.25) is 0 Å². The number of carbonyl (C=O) groups is 2. The molecular weight excluding hydrogens is 354 g/mol. The van der Waals surface area contributed by atoms with Crippen molar-refractivity contribution in [3.05, 3.63) is 55.4 Å². The van der Waals surface area contributed by atoms with Crippen molar-refractivity contribution in [1.29, 1.82) is 0 Å². The molecule has 1 heterocycles. The number of aryl methyl sites for hydroxylation is 1. The maximum absolute atomic E-state index is 12.6. The lowest BCUT2D eigenvalue weighted by atomic mass is 9.88. The molecule has 7 nitrogen and oxygen atoms in total. The van der Waals surface area contributed by atoms with Gasteiger partial charge in [0, 0.05) is 22.1 Å². The third-order valence-electron chi connectivity index (χ3n) is 4.65. The average Bonchev–Trinajstić information content (AvgIpc) is 2.91. The molecule has 0 saturated carbocycles. The Hall–Kier alpha value is -2.74. The van der Waals surface area contributed by atoms with E-state index in [1.54, 1.807) is 6.92 Å². The molecule has 0 radical (unpaired) electrons. The third kappa shape index (κ3) is 3.32. The van der Waals surface area contributed by atoms with Gasteiger partial charge >= 0.3 is 0 Å². The van der Waals surface area contributed by atoms with Gasteiger partial charge in [0.15, 0.2) is 0 Å². The van der Waals surface area contributed by atoms with Crippen molar-refractivity contribution in [3.63, 3.8) is 0 Å². The Morgan fingerprint density at radius 1 is 1.38 bits per heavy atom. The smallest absolute Gasteiger partial charge is 0.273 e. The second kappa shape index (κ2) is 6.87. The number of benzene rings is 1. The van der Waals surface area contributed by atoms with Gasteiger partial charge in [-0.3, -0.25) is 19.7 Å². The average molecular weight is 373 g/mol. The Kier molecular flexibility index (Phi) is 4.78. The summed E-state index contributed by atoms with van der Waals surface area (Å²) in [6.45, 7) is 3.76. The molecular formula is C18H19N3O4S. The number of nitrogens with zero attached hydrogens (tertiary/aromatic N) is 1. The fraction of sp³-hybridized carbons (Fsp3) is 0.333. The summed E-state index contributed by atoms with van der Waals surface area (Å²) in [5.74, 6) is -0.547. The van der Waals surface area contributed by atoms with Gasteiger partial charge in [-0.1, -0.05) is 13.0 Å². The van der Waals surface area contributed by atoms with Gasteiger partial charge in [-0.25, -0.2) is 0 Å². The Labute approximate surface area is 154 Å². The van der Waals surface area contributed by atoms with Gasteiger partial charge in [0.2, 0.25) is 0 Å². The largest absolute Gasteiger partial charge is 0.365 e. The minimum absolute atomic E-state index is 0.118. The molecule has 3 rings (SSSR count). The minimum atomic E-state index is -0.567. The van der Waals surface area contributed by atoms with Crippen LogP contribution in [-0.2, 0) is 12.8 Å². The fourth-order valence-corrected chi connectivity index (χ4v) is 4.63. The first kappa shape index (κ1) is 18.1. The first-order valence-electron chi connectivity index (χ1n) is 8.28. The zero-order valence-electron chi connectivity index (χ0n) is 14.5. The molecule has 136 valence electrons. The summed E-state index contributed by atoms with van der Waals surface area (Å²) in [6.07, 6.45) is 2.59. The van der Waals surface area contributed by atoms with Crippen molar-refractivity contribution in [1.82, 2.24) is 0 Å². The summed E-state index contributed by atoms with van der Waals surface area (Å²) in [5, 5.41) is 14.2. The Balaban J connectivity index is 1.94. The molecule has 1 aromatic carbocycles. The van der Waals surface area contributed by atoms with Crippen LogP contribution in [-0.4, -0.2) is 16.7 Å². The molecule has 0 saturated heterocycles. The van der Waals surface area contributed by atoms with Gasteiger partial charge in [0.05, 0.1) is 10.5 Å². The number of thiophene rings is 1. The number of nitrogens with one attached hydrogen (secondary N) is 1. The van der Waals surface area contributed by atoms with Gasteiger partial charge in [0.25, 0.3) is 17.5 Å². The molecule has 3 N–H and O–H groups in total. The molecule has 1 aromatic heterocycles. The molecule has 2 amide bonds. The predicted molar refractivity (Wildman–Crippen MR) is 99.8 cm³/mol. The standard InChI is InChI=1S/C18H19N3O4S/c1-9-3-6-12-14(7-9)26-18(15(12)16(19)22)20-17(23)11-5-4-10(2)13(8-11)21(24)25/h4-5,8-9H,3,6-7H2,1-2H3,(H2,19,22)(H,20,23). The summed E-state index contributed by atoms with van der Waals surface area (Å²) in [5.41, 5.74) is 7.36. The summed E-state index contributed by atoms with van der Waals surface area (Å²) in [4.78, 5) is 36.1. The molecule has 1 aliphatic rings. The van der Waals surface area contributed by atoms with Crippen LogP contribution in [0.4, 0.5) is 10.7 Å². The summed E-state index contributed by atoms with van der Waals surface area (Å²) in [7, 11) is 0. The van der Waals surface area contributed by atoms with E-state index in [2.05, 4.69) is 12.2 Å². The number of nitro groups is 1. The van der Waals surface area contributed by atoms with E-state index in [4.69, 9.17) is 5.73 Å². The van der Waals surface area contributed by atoms with Crippen molar-refractivity contribution < 1.29 is 14.5 Å². The number of hydrogen-bond donors (Lipinski definition) is 2. The number of hydrogen-bond acceptors (Lipinski definition) is 5. The van der Waals surface area contributed by atoms with Gasteiger partial charge in [-0.05, 0) is 43.7 Å². The number of nitro benzene ring substituents is 1. The third-order valence-corrected chi connectivity index (χ3v) is 5.82. The number of amides is 2. The van der Waals surface area contributed by atoms with Crippen LogP contribution in [0.5, 0.6) is 0 Å². The van der Waals surface area contributed by atoms with E-state index in [-0.39, 0.29) is 11.3 Å². The lowest BCUT2D eigenvalue weighted by Crippen LogP contribution is -2.19. The molecule has 1 aliphatic carbocycles. The van der Waals surface area contributed by atoms with Crippen LogP contribution in [0.25, 0.3) is 0 Å². The second-order valence-electron chi connectivity index (χ2n) is 6.63. The maximum atomic E-state index is 12.6. The van der Waals surface area contributed by atoms with Gasteiger partial charge in [-0.2, -0.15) is 0 Å². The van der Waals surface area contributed by atoms with Crippen LogP contribution in [0.3, 0.4) is 0 Å². The van der Waals surface area contributed by atoms with E-state index in [0.717, 1.165) is 29.7 Å². The minimum Gasteiger partial charge on any atom is -0.365 e. The SMILES string of the molecule is Cc1ccc(C(=O)Nc2sc3c(c2C(N)=O)CCC(C)C3)cc1[N+](=O)[O-]. The maximum Gasteiger partial charge on any atom is 0.273 e. The Morgan fingerprint density at radius 3 is 2.77 bits per heavy atom. The number of anilines is 1. The number of carbonyl (C=O) groups excluding carboxylic acids is 2. The number of primary amides is 1. The molecule has 2 aromatic rings. The van der Waals surface area contributed by atoms with E-state index >= 15 is 0 Å². The molecule has 8 heteroatoms. The molecule has 1 unspecified atom stereocenters. The highest BCUT2D eigenvalue weighted by Crippen LogP contribution is 2.39. The van der Waals surface area contributed by atoms with Gasteiger partial charge in [0.1, 0.15) is 5.00 Å². The normalized spacial score (nSPS) is 16.0. The Morgan fingerprint density at radius 2 is 2.12 bits per heavy atom. The summed E-state index contributed by atoms with van der Waals surface area (Å²) >= 11 is 1.36. The van der Waals surface area contributed by atoms with E-state index in [1.807, 2.05) is 0 Å². The zero-order chi connectivity index (χ0) is 19.0. The van der Waals surface area contributed by atoms with Gasteiger partial charge in [-0.15, -0.1) is 11.3 Å². The second-order valence-corrected chi connectivity index (χ2v) is 7.74. The number of fused-ring (bicyclic) bond motifs is 1. The number of rotatable bonds is 4. The molecule has 0 spiro atoms. The van der Waals surface area contributed by atoms with Crippen molar-refractivity contribution in [2.24, 2.45) is 11.7 Å². The van der Waals surface area contributed by atoms with E-state index < -0.39 is 16.7 Å². The molecule has 26 heavy (non-hydrogen) atoms. The Bertz CT molecular complexity index is 919. The molecule has 0 bridgehead atoms. The van der Waals surface area contributed by atoms with Crippen LogP contribution in [0.1, 0.15) is 50.1 Å². The van der Waals surface area contributed by atoms with Crippen molar-refractivity contribution in [2.45, 2.75) is 33.1 Å². The highest BCUT2D eigenvalue weighted by Gasteiger charge is 2.27. The van der Waals surface area contributed by atoms with Crippen LogP contribution in [0.15, 0.2) is 18.2 Å². The fourth-order valence-electron chi connectivity index (χ4n) is 3.22. The summed E-state index contributed by atoms with van der Waals surface area (Å²) < 4.78 is 0. The van der Waals surface area contributed by atoms with Crippen LogP contribution >= 0.6 is 11.3 Å². The first-order chi connectivity index (χ1) is 12.3. The van der Waals surface area contributed by atoms with Crippen LogP contribution in [0, 0.1) is 23.0 Å².